The molecular weight excluding hydrogens is 224 g/mol. The van der Waals surface area contributed by atoms with Crippen molar-refractivity contribution in [2.45, 2.75) is 26.6 Å². The second-order valence-electron chi connectivity index (χ2n) is 4.20. The van der Waals surface area contributed by atoms with Crippen molar-refractivity contribution in [3.8, 4) is 0 Å². The molecule has 2 N–H and O–H groups in total. The van der Waals surface area contributed by atoms with Gasteiger partial charge in [0.05, 0.1) is 6.61 Å². The minimum Gasteiger partial charge on any atom is -0.377 e. The zero-order valence-corrected chi connectivity index (χ0v) is 10.8. The summed E-state index contributed by atoms with van der Waals surface area (Å²) in [6.07, 6.45) is 1.94. The summed E-state index contributed by atoms with van der Waals surface area (Å²) < 4.78 is 5.48. The molecule has 0 amide bonds. The molecule has 2 aromatic rings. The molecule has 3 nitrogen and oxygen atoms in total. The number of benzene rings is 1. The molecule has 2 rings (SSSR count). The van der Waals surface area contributed by atoms with Gasteiger partial charge in [-0.25, -0.2) is 0 Å². The summed E-state index contributed by atoms with van der Waals surface area (Å²) in [6, 6.07) is 12.5. The molecular formula is C15H20N2O. The molecule has 0 aliphatic heterocycles. The van der Waals surface area contributed by atoms with Crippen molar-refractivity contribution in [1.82, 2.24) is 10.3 Å². The molecule has 0 fully saturated rings. The number of aromatic amines is 1. The van der Waals surface area contributed by atoms with E-state index in [1.165, 1.54) is 16.8 Å². The highest BCUT2D eigenvalue weighted by Crippen LogP contribution is 2.10. The first-order chi connectivity index (χ1) is 8.90. The molecule has 0 bridgehead atoms. The van der Waals surface area contributed by atoms with Crippen LogP contribution in [-0.2, 0) is 24.4 Å². The quantitative estimate of drug-likeness (QED) is 0.786. The van der Waals surface area contributed by atoms with E-state index in [1.54, 1.807) is 0 Å². The van der Waals surface area contributed by atoms with Crippen LogP contribution in [0.15, 0.2) is 42.6 Å². The molecule has 0 unspecified atom stereocenters. The van der Waals surface area contributed by atoms with Crippen molar-refractivity contribution in [3.63, 3.8) is 0 Å². The van der Waals surface area contributed by atoms with Gasteiger partial charge in [-0.15, -0.1) is 0 Å². The minimum absolute atomic E-state index is 0.691. The van der Waals surface area contributed by atoms with Gasteiger partial charge in [-0.1, -0.05) is 24.3 Å². The Morgan fingerprint density at radius 2 is 1.89 bits per heavy atom. The number of nitrogens with one attached hydrogen (secondary N) is 2. The number of aromatic nitrogens is 1. The van der Waals surface area contributed by atoms with E-state index < -0.39 is 0 Å². The number of hydrogen-bond donors (Lipinski definition) is 2. The van der Waals surface area contributed by atoms with E-state index in [0.717, 1.165) is 19.7 Å². The fraction of sp³-hybridized carbons (Fsp3) is 0.333. The summed E-state index contributed by atoms with van der Waals surface area (Å²) in [5.41, 5.74) is 3.77. The van der Waals surface area contributed by atoms with Crippen LogP contribution in [0.4, 0.5) is 0 Å². The first-order valence-electron chi connectivity index (χ1n) is 6.37. The Morgan fingerprint density at radius 3 is 2.61 bits per heavy atom. The monoisotopic (exact) mass is 244 g/mol. The van der Waals surface area contributed by atoms with Crippen LogP contribution in [-0.4, -0.2) is 11.6 Å². The minimum atomic E-state index is 0.691. The first kappa shape index (κ1) is 12.9. The van der Waals surface area contributed by atoms with Gasteiger partial charge in [0, 0.05) is 31.6 Å². The molecule has 0 radical (unpaired) electrons. The highest BCUT2D eigenvalue weighted by Gasteiger charge is 2.01. The van der Waals surface area contributed by atoms with Crippen molar-refractivity contribution in [3.05, 3.63) is 59.4 Å². The first-order valence-corrected chi connectivity index (χ1v) is 6.37. The topological polar surface area (TPSA) is 37.0 Å². The molecule has 0 atom stereocenters. The lowest BCUT2D eigenvalue weighted by Gasteiger charge is -2.10. The summed E-state index contributed by atoms with van der Waals surface area (Å²) in [5.74, 6) is 0. The van der Waals surface area contributed by atoms with E-state index in [9.17, 15) is 0 Å². The molecule has 1 heterocycles. The average Bonchev–Trinajstić information content (AvgIpc) is 2.91. The smallest absolute Gasteiger partial charge is 0.0719 e. The van der Waals surface area contributed by atoms with Crippen molar-refractivity contribution < 1.29 is 4.74 Å². The molecule has 18 heavy (non-hydrogen) atoms. The van der Waals surface area contributed by atoms with Crippen LogP contribution in [0.5, 0.6) is 0 Å². The van der Waals surface area contributed by atoms with E-state index >= 15 is 0 Å². The summed E-state index contributed by atoms with van der Waals surface area (Å²) in [4.78, 5) is 3.19. The maximum Gasteiger partial charge on any atom is 0.0719 e. The Hall–Kier alpha value is -1.58. The maximum atomic E-state index is 5.48. The summed E-state index contributed by atoms with van der Waals surface area (Å²) in [5, 5.41) is 3.43. The summed E-state index contributed by atoms with van der Waals surface area (Å²) in [6.45, 7) is 5.19. The second kappa shape index (κ2) is 6.99. The third-order valence-corrected chi connectivity index (χ3v) is 2.87. The van der Waals surface area contributed by atoms with E-state index in [0.29, 0.717) is 6.61 Å². The van der Waals surface area contributed by atoms with Crippen LogP contribution in [0, 0.1) is 0 Å². The average molecular weight is 244 g/mol. The molecule has 0 saturated carbocycles. The second-order valence-corrected chi connectivity index (χ2v) is 4.20. The van der Waals surface area contributed by atoms with E-state index in [2.05, 4.69) is 40.6 Å². The van der Waals surface area contributed by atoms with Crippen molar-refractivity contribution in [2.24, 2.45) is 0 Å². The Balaban J connectivity index is 1.87. The van der Waals surface area contributed by atoms with Gasteiger partial charge in [0.2, 0.25) is 0 Å². The van der Waals surface area contributed by atoms with Gasteiger partial charge in [-0.05, 0) is 30.2 Å². The molecule has 1 aromatic heterocycles. The fourth-order valence-electron chi connectivity index (χ4n) is 1.89. The van der Waals surface area contributed by atoms with Crippen LogP contribution < -0.4 is 5.32 Å². The van der Waals surface area contributed by atoms with Crippen molar-refractivity contribution in [1.29, 1.82) is 0 Å². The lowest BCUT2D eigenvalue weighted by Crippen LogP contribution is -2.14. The Kier molecular flexibility index (Phi) is 5.00. The Labute approximate surface area is 108 Å². The zero-order valence-electron chi connectivity index (χ0n) is 10.8. The van der Waals surface area contributed by atoms with Gasteiger partial charge in [-0.2, -0.15) is 0 Å². The summed E-state index contributed by atoms with van der Waals surface area (Å²) in [7, 11) is 0. The van der Waals surface area contributed by atoms with Crippen LogP contribution in [0.3, 0.4) is 0 Å². The zero-order chi connectivity index (χ0) is 12.6. The highest BCUT2D eigenvalue weighted by atomic mass is 16.5. The predicted molar refractivity (Wildman–Crippen MR) is 73.1 cm³/mol. The van der Waals surface area contributed by atoms with Gasteiger partial charge in [0.25, 0.3) is 0 Å². The van der Waals surface area contributed by atoms with Gasteiger partial charge >= 0.3 is 0 Å². The third-order valence-electron chi connectivity index (χ3n) is 2.87. The predicted octanol–water partition coefficient (Wildman–Crippen LogP) is 2.84. The number of rotatable bonds is 7. The van der Waals surface area contributed by atoms with Crippen LogP contribution >= 0.6 is 0 Å². The van der Waals surface area contributed by atoms with E-state index in [1.807, 2.05) is 19.2 Å². The molecule has 1 aromatic carbocycles. The Morgan fingerprint density at radius 1 is 1.06 bits per heavy atom. The van der Waals surface area contributed by atoms with Crippen molar-refractivity contribution in [2.75, 3.05) is 6.61 Å². The largest absolute Gasteiger partial charge is 0.377 e. The molecule has 0 aliphatic carbocycles. The number of ether oxygens (including phenoxy) is 1. The van der Waals surface area contributed by atoms with Gasteiger partial charge in [0.15, 0.2) is 0 Å². The van der Waals surface area contributed by atoms with Crippen LogP contribution in [0.25, 0.3) is 0 Å². The third kappa shape index (κ3) is 3.72. The number of hydrogen-bond acceptors (Lipinski definition) is 2. The fourth-order valence-corrected chi connectivity index (χ4v) is 1.89. The lowest BCUT2D eigenvalue weighted by molar-refractivity contribution is 0.133. The molecule has 0 aliphatic rings. The van der Waals surface area contributed by atoms with Crippen LogP contribution in [0.1, 0.15) is 23.7 Å². The van der Waals surface area contributed by atoms with Gasteiger partial charge < -0.3 is 15.0 Å². The van der Waals surface area contributed by atoms with E-state index in [-0.39, 0.29) is 0 Å². The molecule has 3 heteroatoms. The number of H-pyrrole nitrogens is 1. The molecule has 96 valence electrons. The lowest BCUT2D eigenvalue weighted by atomic mass is 10.1. The standard InChI is InChI=1S/C15H20N2O/c1-2-18-12-14-7-4-3-6-13(14)10-16-11-15-8-5-9-17-15/h3-9,16-17H,2,10-12H2,1H3. The normalized spacial score (nSPS) is 10.7. The molecule has 0 spiro atoms. The van der Waals surface area contributed by atoms with Crippen molar-refractivity contribution >= 4 is 0 Å². The maximum absolute atomic E-state index is 5.48. The SMILES string of the molecule is CCOCc1ccccc1CNCc1ccc[nH]1. The van der Waals surface area contributed by atoms with Crippen LogP contribution in [0.2, 0.25) is 0 Å². The van der Waals surface area contributed by atoms with Gasteiger partial charge in [0.1, 0.15) is 0 Å². The molecule has 0 saturated heterocycles. The summed E-state index contributed by atoms with van der Waals surface area (Å²) >= 11 is 0. The Bertz CT molecular complexity index is 451. The van der Waals surface area contributed by atoms with E-state index in [4.69, 9.17) is 4.74 Å². The highest BCUT2D eigenvalue weighted by molar-refractivity contribution is 5.26. The van der Waals surface area contributed by atoms with Gasteiger partial charge in [-0.3, -0.25) is 0 Å².